The minimum Gasteiger partial charge on any atom is -0.489 e. The normalized spacial score (nSPS) is 20.9. The van der Waals surface area contributed by atoms with E-state index < -0.39 is 0 Å². The zero-order chi connectivity index (χ0) is 17.1. The molecule has 0 saturated carbocycles. The van der Waals surface area contributed by atoms with Gasteiger partial charge in [0.05, 0.1) is 18.2 Å². The molecule has 2 aromatic rings. The highest BCUT2D eigenvalue weighted by Gasteiger charge is 2.25. The van der Waals surface area contributed by atoms with Crippen LogP contribution in [-0.4, -0.2) is 42.7 Å². The van der Waals surface area contributed by atoms with Crippen LogP contribution in [0.25, 0.3) is 0 Å². The first-order chi connectivity index (χ1) is 12.3. The molecule has 2 aliphatic heterocycles. The van der Waals surface area contributed by atoms with Crippen molar-refractivity contribution in [2.45, 2.75) is 19.0 Å². The number of benzene rings is 1. The van der Waals surface area contributed by atoms with Gasteiger partial charge in [-0.05, 0) is 29.3 Å². The molecule has 1 aromatic carbocycles. The molecule has 0 radical (unpaired) electrons. The molecule has 1 atom stereocenters. The van der Waals surface area contributed by atoms with Crippen LogP contribution in [0.15, 0.2) is 36.7 Å². The third kappa shape index (κ3) is 3.73. The largest absolute Gasteiger partial charge is 0.489 e. The Labute approximate surface area is 152 Å². The van der Waals surface area contributed by atoms with Gasteiger partial charge < -0.3 is 14.8 Å². The van der Waals surface area contributed by atoms with Crippen LogP contribution in [0, 0.1) is 0 Å². The molecule has 0 aliphatic carbocycles. The average Bonchev–Trinajstić information content (AvgIpc) is 2.89. The second kappa shape index (κ2) is 7.60. The van der Waals surface area contributed by atoms with Gasteiger partial charge in [-0.25, -0.2) is 0 Å². The highest BCUT2D eigenvalue weighted by molar-refractivity contribution is 6.32. The van der Waals surface area contributed by atoms with Gasteiger partial charge in [0, 0.05) is 51.0 Å². The van der Waals surface area contributed by atoms with Gasteiger partial charge in [0.1, 0.15) is 0 Å². The van der Waals surface area contributed by atoms with Gasteiger partial charge in [0.15, 0.2) is 11.5 Å². The molecule has 4 rings (SSSR count). The van der Waals surface area contributed by atoms with Gasteiger partial charge in [-0.3, -0.25) is 9.88 Å². The maximum Gasteiger partial charge on any atom is 0.179 e. The van der Waals surface area contributed by atoms with Crippen molar-refractivity contribution in [3.05, 3.63) is 52.8 Å². The lowest BCUT2D eigenvalue weighted by molar-refractivity contribution is 0.153. The molecular weight excluding hydrogens is 338 g/mol. The Morgan fingerprint density at radius 2 is 2.20 bits per heavy atom. The Hall–Kier alpha value is -1.82. The van der Waals surface area contributed by atoms with Gasteiger partial charge in [-0.2, -0.15) is 0 Å². The molecule has 3 heterocycles. The molecule has 132 valence electrons. The zero-order valence-electron chi connectivity index (χ0n) is 14.1. The fraction of sp³-hybridized carbons (Fsp3) is 0.421. The highest BCUT2D eigenvalue weighted by atomic mass is 35.5. The predicted molar refractivity (Wildman–Crippen MR) is 97.3 cm³/mol. The third-order valence-corrected chi connectivity index (χ3v) is 4.95. The summed E-state index contributed by atoms with van der Waals surface area (Å²) >= 11 is 6.45. The van der Waals surface area contributed by atoms with Crippen LogP contribution in [0.5, 0.6) is 11.5 Å². The molecule has 0 spiro atoms. The molecule has 1 N–H and O–H groups in total. The van der Waals surface area contributed by atoms with E-state index in [1.807, 2.05) is 24.5 Å². The standard InChI is InChI=1S/C19H22ClN3O2/c20-16-9-14(10-18-19(16)25-8-2-7-24-18)13-23-6-5-22-12-17(23)15-3-1-4-21-11-15/h1,3-4,9-11,17,22H,2,5-8,12-13H2. The second-order valence-corrected chi connectivity index (χ2v) is 6.84. The van der Waals surface area contributed by atoms with Gasteiger partial charge in [0.2, 0.25) is 0 Å². The second-order valence-electron chi connectivity index (χ2n) is 6.43. The van der Waals surface area contributed by atoms with Crippen LogP contribution in [0.1, 0.15) is 23.6 Å². The van der Waals surface area contributed by atoms with E-state index in [0.29, 0.717) is 30.0 Å². The van der Waals surface area contributed by atoms with E-state index in [4.69, 9.17) is 21.1 Å². The lowest BCUT2D eigenvalue weighted by Gasteiger charge is -2.36. The lowest BCUT2D eigenvalue weighted by Crippen LogP contribution is -2.45. The molecule has 0 amide bonds. The SMILES string of the molecule is Clc1cc(CN2CCNCC2c2cccnc2)cc2c1OCCCO2. The number of hydrogen-bond donors (Lipinski definition) is 1. The van der Waals surface area contributed by atoms with E-state index in [2.05, 4.69) is 27.3 Å². The van der Waals surface area contributed by atoms with E-state index in [1.165, 1.54) is 5.56 Å². The number of fused-ring (bicyclic) bond motifs is 1. The van der Waals surface area contributed by atoms with Crippen LogP contribution in [0.3, 0.4) is 0 Å². The molecule has 1 unspecified atom stereocenters. The fourth-order valence-electron chi connectivity index (χ4n) is 3.45. The summed E-state index contributed by atoms with van der Waals surface area (Å²) in [5.41, 5.74) is 2.38. The summed E-state index contributed by atoms with van der Waals surface area (Å²) in [7, 11) is 0. The van der Waals surface area contributed by atoms with Crippen molar-refractivity contribution in [1.29, 1.82) is 0 Å². The van der Waals surface area contributed by atoms with Crippen molar-refractivity contribution in [2.24, 2.45) is 0 Å². The monoisotopic (exact) mass is 359 g/mol. The highest BCUT2D eigenvalue weighted by Crippen LogP contribution is 2.38. The molecule has 2 aliphatic rings. The van der Waals surface area contributed by atoms with Crippen LogP contribution in [-0.2, 0) is 6.54 Å². The number of nitrogens with one attached hydrogen (secondary N) is 1. The molecule has 25 heavy (non-hydrogen) atoms. The summed E-state index contributed by atoms with van der Waals surface area (Å²) in [6.45, 7) is 5.01. The van der Waals surface area contributed by atoms with Crippen molar-refractivity contribution in [3.63, 3.8) is 0 Å². The van der Waals surface area contributed by atoms with Crippen molar-refractivity contribution >= 4 is 11.6 Å². The molecule has 0 bridgehead atoms. The molecule has 1 aromatic heterocycles. The number of piperazine rings is 1. The van der Waals surface area contributed by atoms with Crippen LogP contribution < -0.4 is 14.8 Å². The summed E-state index contributed by atoms with van der Waals surface area (Å²) < 4.78 is 11.5. The molecule has 1 saturated heterocycles. The summed E-state index contributed by atoms with van der Waals surface area (Å²) in [6, 6.07) is 8.49. The van der Waals surface area contributed by atoms with Gasteiger partial charge >= 0.3 is 0 Å². The number of ether oxygens (including phenoxy) is 2. The first kappa shape index (κ1) is 16.6. The number of pyridine rings is 1. The third-order valence-electron chi connectivity index (χ3n) is 4.67. The van der Waals surface area contributed by atoms with Gasteiger partial charge in [0.25, 0.3) is 0 Å². The number of hydrogen-bond acceptors (Lipinski definition) is 5. The lowest BCUT2D eigenvalue weighted by atomic mass is 10.0. The van der Waals surface area contributed by atoms with Crippen molar-refractivity contribution in [3.8, 4) is 11.5 Å². The number of halogens is 1. The van der Waals surface area contributed by atoms with Gasteiger partial charge in [-0.15, -0.1) is 0 Å². The molecule has 1 fully saturated rings. The van der Waals surface area contributed by atoms with Crippen molar-refractivity contribution in [2.75, 3.05) is 32.8 Å². The summed E-state index contributed by atoms with van der Waals surface area (Å²) in [5.74, 6) is 1.43. The molecular formula is C19H22ClN3O2. The van der Waals surface area contributed by atoms with E-state index in [9.17, 15) is 0 Å². The zero-order valence-corrected chi connectivity index (χ0v) is 14.8. The predicted octanol–water partition coefficient (Wildman–Crippen LogP) is 3.04. The van der Waals surface area contributed by atoms with Crippen LogP contribution in [0.4, 0.5) is 0 Å². The maximum absolute atomic E-state index is 6.45. The average molecular weight is 360 g/mol. The Kier molecular flexibility index (Phi) is 5.06. The minimum atomic E-state index is 0.303. The van der Waals surface area contributed by atoms with Crippen LogP contribution >= 0.6 is 11.6 Å². The van der Waals surface area contributed by atoms with E-state index in [1.54, 1.807) is 0 Å². The number of nitrogens with zero attached hydrogens (tertiary/aromatic N) is 2. The Balaban J connectivity index is 1.58. The van der Waals surface area contributed by atoms with E-state index >= 15 is 0 Å². The van der Waals surface area contributed by atoms with Gasteiger partial charge in [-0.1, -0.05) is 17.7 Å². The quantitative estimate of drug-likeness (QED) is 0.912. The summed E-state index contributed by atoms with van der Waals surface area (Å²) in [4.78, 5) is 6.73. The van der Waals surface area contributed by atoms with Crippen molar-refractivity contribution in [1.82, 2.24) is 15.2 Å². The molecule has 5 nitrogen and oxygen atoms in total. The smallest absolute Gasteiger partial charge is 0.179 e. The molecule has 6 heteroatoms. The first-order valence-corrected chi connectivity index (χ1v) is 9.12. The Bertz CT molecular complexity index is 726. The topological polar surface area (TPSA) is 46.6 Å². The minimum absolute atomic E-state index is 0.303. The van der Waals surface area contributed by atoms with Crippen molar-refractivity contribution < 1.29 is 9.47 Å². The summed E-state index contributed by atoms with van der Waals surface area (Å²) in [5, 5.41) is 4.11. The maximum atomic E-state index is 6.45. The number of aromatic nitrogens is 1. The van der Waals surface area contributed by atoms with E-state index in [0.717, 1.165) is 43.9 Å². The first-order valence-electron chi connectivity index (χ1n) is 8.74. The Morgan fingerprint density at radius 3 is 3.08 bits per heavy atom. The summed E-state index contributed by atoms with van der Waals surface area (Å²) in [6.07, 6.45) is 4.64. The van der Waals surface area contributed by atoms with Crippen LogP contribution in [0.2, 0.25) is 5.02 Å². The van der Waals surface area contributed by atoms with E-state index in [-0.39, 0.29) is 0 Å². The fourth-order valence-corrected chi connectivity index (χ4v) is 3.74. The number of rotatable bonds is 3. The Morgan fingerprint density at radius 1 is 1.28 bits per heavy atom.